The first-order valence-electron chi connectivity index (χ1n) is 6.18. The first-order chi connectivity index (χ1) is 9.24. The quantitative estimate of drug-likeness (QED) is 0.834. The van der Waals surface area contributed by atoms with Gasteiger partial charge < -0.3 is 10.1 Å². The molecule has 0 aliphatic heterocycles. The molecule has 0 aliphatic carbocycles. The summed E-state index contributed by atoms with van der Waals surface area (Å²) in [4.78, 5) is 11.8. The molecule has 0 atom stereocenters. The van der Waals surface area contributed by atoms with E-state index in [4.69, 9.17) is 4.74 Å². The van der Waals surface area contributed by atoms with Crippen molar-refractivity contribution in [3.8, 4) is 5.75 Å². The largest absolute Gasteiger partial charge is 0.497 e. The standard InChI is InChI=1S/C16H17NO2/c1-3-9-17-16(18)10-13-6-4-5-12-7-8-14(19-2)11-15(12)13/h3-8,11H,1,9-10H2,2H3,(H,17,18). The van der Waals surface area contributed by atoms with E-state index in [0.717, 1.165) is 22.1 Å². The second-order valence-electron chi connectivity index (χ2n) is 4.27. The van der Waals surface area contributed by atoms with Gasteiger partial charge in [-0.3, -0.25) is 4.79 Å². The molecule has 2 aromatic carbocycles. The number of methoxy groups -OCH3 is 1. The minimum absolute atomic E-state index is 0.00443. The van der Waals surface area contributed by atoms with E-state index in [-0.39, 0.29) is 5.91 Å². The Morgan fingerprint density at radius 1 is 1.37 bits per heavy atom. The number of fused-ring (bicyclic) bond motifs is 1. The molecular formula is C16H17NO2. The summed E-state index contributed by atoms with van der Waals surface area (Å²) in [6, 6.07) is 11.8. The maximum absolute atomic E-state index is 11.8. The summed E-state index contributed by atoms with van der Waals surface area (Å²) < 4.78 is 5.23. The number of hydrogen-bond donors (Lipinski definition) is 1. The van der Waals surface area contributed by atoms with E-state index in [2.05, 4.69) is 11.9 Å². The van der Waals surface area contributed by atoms with Crippen LogP contribution in [0.15, 0.2) is 49.1 Å². The normalized spacial score (nSPS) is 10.2. The highest BCUT2D eigenvalue weighted by Crippen LogP contribution is 2.24. The molecule has 0 saturated heterocycles. The molecule has 0 spiro atoms. The summed E-state index contributed by atoms with van der Waals surface area (Å²) in [6.07, 6.45) is 2.03. The first-order valence-corrected chi connectivity index (χ1v) is 6.18. The van der Waals surface area contributed by atoms with Gasteiger partial charge in [0.05, 0.1) is 13.5 Å². The molecule has 0 fully saturated rings. The molecule has 0 radical (unpaired) electrons. The van der Waals surface area contributed by atoms with Crippen molar-refractivity contribution in [3.05, 3.63) is 54.6 Å². The average molecular weight is 255 g/mol. The molecule has 0 unspecified atom stereocenters. The van der Waals surface area contributed by atoms with E-state index >= 15 is 0 Å². The van der Waals surface area contributed by atoms with Crippen LogP contribution in [0.3, 0.4) is 0 Å². The van der Waals surface area contributed by atoms with Gasteiger partial charge in [0, 0.05) is 6.54 Å². The average Bonchev–Trinajstić information content (AvgIpc) is 2.45. The van der Waals surface area contributed by atoms with E-state index in [9.17, 15) is 4.79 Å². The van der Waals surface area contributed by atoms with E-state index in [0.29, 0.717) is 13.0 Å². The van der Waals surface area contributed by atoms with E-state index in [1.54, 1.807) is 13.2 Å². The van der Waals surface area contributed by atoms with Crippen molar-refractivity contribution < 1.29 is 9.53 Å². The lowest BCUT2D eigenvalue weighted by Crippen LogP contribution is -2.24. The summed E-state index contributed by atoms with van der Waals surface area (Å²) in [5.41, 5.74) is 0.998. The number of benzene rings is 2. The highest BCUT2D eigenvalue weighted by molar-refractivity contribution is 5.91. The molecule has 0 aliphatic rings. The maximum Gasteiger partial charge on any atom is 0.224 e. The fourth-order valence-electron chi connectivity index (χ4n) is 2.02. The van der Waals surface area contributed by atoms with Crippen molar-refractivity contribution in [2.45, 2.75) is 6.42 Å². The van der Waals surface area contributed by atoms with Crippen LogP contribution in [0.5, 0.6) is 5.75 Å². The lowest BCUT2D eigenvalue weighted by atomic mass is 10.0. The van der Waals surface area contributed by atoms with Crippen LogP contribution < -0.4 is 10.1 Å². The zero-order valence-corrected chi connectivity index (χ0v) is 11.0. The summed E-state index contributed by atoms with van der Waals surface area (Å²) >= 11 is 0. The topological polar surface area (TPSA) is 38.3 Å². The van der Waals surface area contributed by atoms with Crippen LogP contribution in [0.1, 0.15) is 5.56 Å². The van der Waals surface area contributed by atoms with Crippen LogP contribution in [-0.2, 0) is 11.2 Å². The minimum atomic E-state index is -0.00443. The molecule has 1 amide bonds. The number of ether oxygens (including phenoxy) is 1. The Labute approximate surface area is 112 Å². The summed E-state index contributed by atoms with van der Waals surface area (Å²) in [5, 5.41) is 4.94. The Morgan fingerprint density at radius 3 is 2.95 bits per heavy atom. The molecule has 1 N–H and O–H groups in total. The first kappa shape index (κ1) is 13.1. The summed E-state index contributed by atoms with van der Waals surface area (Å²) in [6.45, 7) is 4.07. The third-order valence-electron chi connectivity index (χ3n) is 2.97. The van der Waals surface area contributed by atoms with E-state index in [1.165, 1.54) is 0 Å². The van der Waals surface area contributed by atoms with Gasteiger partial charge in [-0.1, -0.05) is 30.3 Å². The van der Waals surface area contributed by atoms with Gasteiger partial charge in [0.25, 0.3) is 0 Å². The van der Waals surface area contributed by atoms with Crippen molar-refractivity contribution in [1.82, 2.24) is 5.32 Å². The second-order valence-corrected chi connectivity index (χ2v) is 4.27. The predicted octanol–water partition coefficient (Wildman–Crippen LogP) is 2.69. The van der Waals surface area contributed by atoms with Crippen LogP contribution in [-0.4, -0.2) is 19.6 Å². The SMILES string of the molecule is C=CCNC(=O)Cc1cccc2ccc(OC)cc12. The molecular weight excluding hydrogens is 238 g/mol. The molecule has 19 heavy (non-hydrogen) atoms. The van der Waals surface area contributed by atoms with Crippen LogP contribution in [0.2, 0.25) is 0 Å². The van der Waals surface area contributed by atoms with Gasteiger partial charge in [0.15, 0.2) is 0 Å². The highest BCUT2D eigenvalue weighted by atomic mass is 16.5. The Bertz CT molecular complexity index is 605. The number of nitrogens with one attached hydrogen (secondary N) is 1. The van der Waals surface area contributed by atoms with Gasteiger partial charge in [0.1, 0.15) is 5.75 Å². The zero-order chi connectivity index (χ0) is 13.7. The molecule has 3 heteroatoms. The number of carbonyl (C=O) groups excluding carboxylic acids is 1. The van der Waals surface area contributed by atoms with Gasteiger partial charge in [-0.25, -0.2) is 0 Å². The molecule has 0 bridgehead atoms. The molecule has 0 saturated carbocycles. The Morgan fingerprint density at radius 2 is 2.21 bits per heavy atom. The fraction of sp³-hybridized carbons (Fsp3) is 0.188. The van der Waals surface area contributed by atoms with Gasteiger partial charge in [-0.2, -0.15) is 0 Å². The smallest absolute Gasteiger partial charge is 0.224 e. The van der Waals surface area contributed by atoms with Gasteiger partial charge in [0.2, 0.25) is 5.91 Å². The van der Waals surface area contributed by atoms with Crippen LogP contribution in [0.4, 0.5) is 0 Å². The lowest BCUT2D eigenvalue weighted by Gasteiger charge is -2.08. The molecule has 98 valence electrons. The Hall–Kier alpha value is -2.29. The number of amides is 1. The fourth-order valence-corrected chi connectivity index (χ4v) is 2.02. The molecule has 0 aromatic heterocycles. The number of carbonyl (C=O) groups is 1. The summed E-state index contributed by atoms with van der Waals surface area (Å²) in [5.74, 6) is 0.793. The van der Waals surface area contributed by atoms with Crippen molar-refractivity contribution >= 4 is 16.7 Å². The number of rotatable bonds is 5. The Kier molecular flexibility index (Phi) is 4.18. The molecule has 0 heterocycles. The molecule has 2 aromatic rings. The van der Waals surface area contributed by atoms with Crippen LogP contribution in [0.25, 0.3) is 10.8 Å². The maximum atomic E-state index is 11.8. The highest BCUT2D eigenvalue weighted by Gasteiger charge is 2.07. The van der Waals surface area contributed by atoms with Crippen LogP contribution >= 0.6 is 0 Å². The van der Waals surface area contributed by atoms with Crippen molar-refractivity contribution in [3.63, 3.8) is 0 Å². The third kappa shape index (κ3) is 3.13. The monoisotopic (exact) mass is 255 g/mol. The van der Waals surface area contributed by atoms with E-state index < -0.39 is 0 Å². The summed E-state index contributed by atoms with van der Waals surface area (Å²) in [7, 11) is 1.64. The minimum Gasteiger partial charge on any atom is -0.497 e. The van der Waals surface area contributed by atoms with Gasteiger partial charge in [-0.15, -0.1) is 6.58 Å². The van der Waals surface area contributed by atoms with Gasteiger partial charge in [-0.05, 0) is 28.5 Å². The third-order valence-corrected chi connectivity index (χ3v) is 2.97. The lowest BCUT2D eigenvalue weighted by molar-refractivity contribution is -0.120. The van der Waals surface area contributed by atoms with Crippen molar-refractivity contribution in [2.75, 3.05) is 13.7 Å². The Balaban J connectivity index is 2.31. The zero-order valence-electron chi connectivity index (χ0n) is 11.0. The predicted molar refractivity (Wildman–Crippen MR) is 77.4 cm³/mol. The molecule has 3 nitrogen and oxygen atoms in total. The van der Waals surface area contributed by atoms with Gasteiger partial charge >= 0.3 is 0 Å². The van der Waals surface area contributed by atoms with Crippen LogP contribution in [0, 0.1) is 0 Å². The van der Waals surface area contributed by atoms with Crippen molar-refractivity contribution in [2.24, 2.45) is 0 Å². The van der Waals surface area contributed by atoms with Crippen molar-refractivity contribution in [1.29, 1.82) is 0 Å². The van der Waals surface area contributed by atoms with E-state index in [1.807, 2.05) is 36.4 Å². The molecule has 2 rings (SSSR count). The second kappa shape index (κ2) is 6.05. The number of hydrogen-bond acceptors (Lipinski definition) is 2.